The third-order valence-corrected chi connectivity index (χ3v) is 4.22. The first kappa shape index (κ1) is 15.5. The number of hydrogen-bond donors (Lipinski definition) is 1. The molecule has 112 valence electrons. The van der Waals surface area contributed by atoms with Crippen molar-refractivity contribution >= 4 is 5.91 Å². The number of carbonyl (C=O) groups is 1. The van der Waals surface area contributed by atoms with Gasteiger partial charge in [0.2, 0.25) is 5.91 Å². The first-order valence-electron chi connectivity index (χ1n) is 7.54. The van der Waals surface area contributed by atoms with Gasteiger partial charge in [-0.05, 0) is 24.3 Å². The predicted octanol–water partition coefficient (Wildman–Crippen LogP) is 2.45. The topological polar surface area (TPSA) is 70.1 Å². The molecule has 1 aromatic carbocycles. The molecule has 0 saturated heterocycles. The highest BCUT2D eigenvalue weighted by Crippen LogP contribution is 2.32. The van der Waals surface area contributed by atoms with Crippen LogP contribution in [0.4, 0.5) is 0 Å². The van der Waals surface area contributed by atoms with Gasteiger partial charge in [-0.25, -0.2) is 0 Å². The molecule has 21 heavy (non-hydrogen) atoms. The van der Waals surface area contributed by atoms with E-state index in [0.29, 0.717) is 25.3 Å². The highest BCUT2D eigenvalue weighted by molar-refractivity contribution is 5.86. The zero-order valence-electron chi connectivity index (χ0n) is 12.6. The minimum Gasteiger partial charge on any atom is -0.323 e. The second-order valence-corrected chi connectivity index (χ2v) is 6.16. The van der Waals surface area contributed by atoms with E-state index in [2.05, 4.69) is 13.0 Å². The Morgan fingerprint density at radius 3 is 2.81 bits per heavy atom. The number of benzene rings is 1. The van der Waals surface area contributed by atoms with Gasteiger partial charge in [-0.3, -0.25) is 4.79 Å². The average molecular weight is 285 g/mol. The summed E-state index contributed by atoms with van der Waals surface area (Å²) in [6.45, 7) is 2.67. The maximum absolute atomic E-state index is 12.8. The molecule has 2 N–H and O–H groups in total. The Morgan fingerprint density at radius 1 is 1.48 bits per heavy atom. The molecular weight excluding hydrogens is 262 g/mol. The van der Waals surface area contributed by atoms with Gasteiger partial charge in [-0.15, -0.1) is 0 Å². The first-order chi connectivity index (χ1) is 10.0. The van der Waals surface area contributed by atoms with Gasteiger partial charge in [0.05, 0.1) is 11.6 Å². The Balaban J connectivity index is 2.13. The van der Waals surface area contributed by atoms with Crippen molar-refractivity contribution in [1.82, 2.24) is 4.90 Å². The molecule has 0 radical (unpaired) electrons. The molecule has 0 bridgehead atoms. The fraction of sp³-hybridized carbons (Fsp3) is 0.529. The Bertz CT molecular complexity index is 523. The molecule has 1 fully saturated rings. The summed E-state index contributed by atoms with van der Waals surface area (Å²) in [5.74, 6) is 0.382. The molecule has 4 heteroatoms. The SMILES string of the molecule is CC1CCCC(N)(C(=O)N(CC#N)Cc2ccccc2)C1. The third-order valence-electron chi connectivity index (χ3n) is 4.22. The Kier molecular flexibility index (Phi) is 4.98. The van der Waals surface area contributed by atoms with E-state index in [4.69, 9.17) is 11.0 Å². The van der Waals surface area contributed by atoms with Crippen molar-refractivity contribution in [3.8, 4) is 6.07 Å². The molecule has 2 unspecified atom stereocenters. The van der Waals surface area contributed by atoms with E-state index in [1.807, 2.05) is 30.3 Å². The Hall–Kier alpha value is -1.86. The van der Waals surface area contributed by atoms with Crippen LogP contribution in [0.3, 0.4) is 0 Å². The van der Waals surface area contributed by atoms with Crippen molar-refractivity contribution in [3.05, 3.63) is 35.9 Å². The summed E-state index contributed by atoms with van der Waals surface area (Å²) in [5.41, 5.74) is 6.60. The lowest BCUT2D eigenvalue weighted by Gasteiger charge is -2.38. The lowest BCUT2D eigenvalue weighted by molar-refractivity contribution is -0.138. The maximum Gasteiger partial charge on any atom is 0.243 e. The monoisotopic (exact) mass is 285 g/mol. The van der Waals surface area contributed by atoms with Crippen molar-refractivity contribution in [2.24, 2.45) is 11.7 Å². The van der Waals surface area contributed by atoms with Gasteiger partial charge in [0, 0.05) is 6.54 Å². The van der Waals surface area contributed by atoms with Crippen molar-refractivity contribution in [3.63, 3.8) is 0 Å². The third kappa shape index (κ3) is 3.83. The number of nitriles is 1. The van der Waals surface area contributed by atoms with Crippen molar-refractivity contribution in [2.75, 3.05) is 6.54 Å². The van der Waals surface area contributed by atoms with Crippen molar-refractivity contribution in [1.29, 1.82) is 5.26 Å². The molecule has 1 amide bonds. The van der Waals surface area contributed by atoms with E-state index in [-0.39, 0.29) is 12.5 Å². The number of nitrogens with zero attached hydrogens (tertiary/aromatic N) is 2. The van der Waals surface area contributed by atoms with Crippen LogP contribution in [0.2, 0.25) is 0 Å². The highest BCUT2D eigenvalue weighted by Gasteiger charge is 2.40. The minimum atomic E-state index is -0.802. The van der Waals surface area contributed by atoms with E-state index < -0.39 is 5.54 Å². The summed E-state index contributed by atoms with van der Waals surface area (Å²) >= 11 is 0. The molecule has 4 nitrogen and oxygen atoms in total. The molecule has 1 aliphatic rings. The van der Waals surface area contributed by atoms with Gasteiger partial charge < -0.3 is 10.6 Å². The normalized spacial score (nSPS) is 25.1. The van der Waals surface area contributed by atoms with E-state index in [1.54, 1.807) is 4.90 Å². The standard InChI is InChI=1S/C17H23N3O/c1-14-6-5-9-17(19,12-14)16(21)20(11-10-18)13-15-7-3-2-4-8-15/h2-4,7-8,14H,5-6,9,11-13,19H2,1H3. The van der Waals surface area contributed by atoms with Crippen LogP contribution in [0.25, 0.3) is 0 Å². The highest BCUT2D eigenvalue weighted by atomic mass is 16.2. The maximum atomic E-state index is 12.8. The molecule has 2 atom stereocenters. The molecule has 0 aliphatic heterocycles. The van der Waals surface area contributed by atoms with Crippen molar-refractivity contribution < 1.29 is 4.79 Å². The zero-order valence-corrected chi connectivity index (χ0v) is 12.6. The minimum absolute atomic E-state index is 0.0838. The summed E-state index contributed by atoms with van der Waals surface area (Å²) < 4.78 is 0. The second kappa shape index (κ2) is 6.73. The van der Waals surface area contributed by atoms with E-state index in [0.717, 1.165) is 18.4 Å². The molecule has 2 rings (SSSR count). The largest absolute Gasteiger partial charge is 0.323 e. The van der Waals surface area contributed by atoms with E-state index in [1.165, 1.54) is 0 Å². The Morgan fingerprint density at radius 2 is 2.19 bits per heavy atom. The lowest BCUT2D eigenvalue weighted by Crippen LogP contribution is -2.57. The molecule has 1 aromatic rings. The fourth-order valence-electron chi connectivity index (χ4n) is 3.19. The summed E-state index contributed by atoms with van der Waals surface area (Å²) in [6.07, 6.45) is 3.54. The van der Waals surface area contributed by atoms with Crippen LogP contribution < -0.4 is 5.73 Å². The zero-order chi connectivity index (χ0) is 15.3. The number of amides is 1. The van der Waals surface area contributed by atoms with Gasteiger partial charge in [-0.1, -0.05) is 50.1 Å². The van der Waals surface area contributed by atoms with Gasteiger partial charge in [-0.2, -0.15) is 5.26 Å². The molecule has 0 spiro atoms. The second-order valence-electron chi connectivity index (χ2n) is 6.16. The fourth-order valence-corrected chi connectivity index (χ4v) is 3.19. The van der Waals surface area contributed by atoms with Crippen LogP contribution >= 0.6 is 0 Å². The quantitative estimate of drug-likeness (QED) is 0.864. The summed E-state index contributed by atoms with van der Waals surface area (Å²) in [7, 11) is 0. The van der Waals surface area contributed by atoms with Crippen LogP contribution in [0.5, 0.6) is 0 Å². The van der Waals surface area contributed by atoms with E-state index >= 15 is 0 Å². The number of carbonyl (C=O) groups excluding carboxylic acids is 1. The number of rotatable bonds is 4. The van der Waals surface area contributed by atoms with Gasteiger partial charge in [0.1, 0.15) is 6.54 Å². The summed E-state index contributed by atoms with van der Waals surface area (Å²) in [5, 5.41) is 9.01. The number of nitrogens with two attached hydrogens (primary N) is 1. The molecular formula is C17H23N3O. The first-order valence-corrected chi connectivity index (χ1v) is 7.54. The predicted molar refractivity (Wildman–Crippen MR) is 82.0 cm³/mol. The van der Waals surface area contributed by atoms with Gasteiger partial charge in [0.25, 0.3) is 0 Å². The van der Waals surface area contributed by atoms with Crippen LogP contribution in [0.15, 0.2) is 30.3 Å². The van der Waals surface area contributed by atoms with Crippen LogP contribution in [-0.2, 0) is 11.3 Å². The number of hydrogen-bond acceptors (Lipinski definition) is 3. The van der Waals surface area contributed by atoms with Crippen LogP contribution in [-0.4, -0.2) is 22.9 Å². The molecule has 0 heterocycles. The molecule has 1 saturated carbocycles. The van der Waals surface area contributed by atoms with Gasteiger partial charge >= 0.3 is 0 Å². The molecule has 1 aliphatic carbocycles. The Labute approximate surface area is 126 Å². The average Bonchev–Trinajstić information content (AvgIpc) is 2.47. The van der Waals surface area contributed by atoms with E-state index in [9.17, 15) is 4.79 Å². The van der Waals surface area contributed by atoms with Gasteiger partial charge in [0.15, 0.2) is 0 Å². The molecule has 0 aromatic heterocycles. The summed E-state index contributed by atoms with van der Waals surface area (Å²) in [6, 6.07) is 11.8. The lowest BCUT2D eigenvalue weighted by atomic mass is 9.76. The van der Waals surface area contributed by atoms with Crippen LogP contribution in [0.1, 0.15) is 38.2 Å². The smallest absolute Gasteiger partial charge is 0.243 e. The summed E-state index contributed by atoms with van der Waals surface area (Å²) in [4.78, 5) is 14.4. The van der Waals surface area contributed by atoms with Crippen LogP contribution in [0, 0.1) is 17.2 Å². The van der Waals surface area contributed by atoms with Crippen molar-refractivity contribution in [2.45, 2.75) is 44.7 Å².